The van der Waals surface area contributed by atoms with E-state index in [1.165, 1.54) is 0 Å². The van der Waals surface area contributed by atoms with Crippen molar-refractivity contribution >= 4 is 34.8 Å². The number of rotatable bonds is 6. The molecule has 0 fully saturated rings. The largest absolute Gasteiger partial charge is 0.469 e. The van der Waals surface area contributed by atoms with E-state index in [1.54, 1.807) is 12.3 Å². The zero-order chi connectivity index (χ0) is 15.4. The van der Waals surface area contributed by atoms with Crippen molar-refractivity contribution in [2.24, 2.45) is 0 Å². The molecule has 0 aliphatic rings. The lowest BCUT2D eigenvalue weighted by atomic mass is 10.1. The van der Waals surface area contributed by atoms with Gasteiger partial charge in [0, 0.05) is 18.5 Å². The Morgan fingerprint density at radius 1 is 1.10 bits per heavy atom. The molecule has 5 heteroatoms. The van der Waals surface area contributed by atoms with Gasteiger partial charge in [-0.3, -0.25) is 0 Å². The summed E-state index contributed by atoms with van der Waals surface area (Å²) in [6.07, 6.45) is 3.59. The van der Waals surface area contributed by atoms with Gasteiger partial charge in [0.05, 0.1) is 21.3 Å². The lowest BCUT2D eigenvalue weighted by molar-refractivity contribution is 0.431. The minimum atomic E-state index is 0.0962. The summed E-state index contributed by atoms with van der Waals surface area (Å²) in [4.78, 5) is 0. The summed E-state index contributed by atoms with van der Waals surface area (Å²) < 4.78 is 5.34. The van der Waals surface area contributed by atoms with E-state index in [-0.39, 0.29) is 6.04 Å². The molecule has 114 valence electrons. The normalized spacial score (nSPS) is 14.1. The van der Waals surface area contributed by atoms with Gasteiger partial charge in [0.15, 0.2) is 0 Å². The molecule has 1 aromatic heterocycles. The first-order valence-electron chi connectivity index (χ1n) is 6.91. The molecule has 0 saturated heterocycles. The molecular weight excluding hydrogens is 329 g/mol. The van der Waals surface area contributed by atoms with Crippen LogP contribution in [-0.4, -0.2) is 6.04 Å². The van der Waals surface area contributed by atoms with Crippen molar-refractivity contribution in [1.82, 2.24) is 5.32 Å². The molecule has 0 bridgehead atoms. The fourth-order valence-corrected chi connectivity index (χ4v) is 3.00. The Bertz CT molecular complexity index is 583. The summed E-state index contributed by atoms with van der Waals surface area (Å²) in [6, 6.07) is 8.01. The van der Waals surface area contributed by atoms with Gasteiger partial charge in [0.2, 0.25) is 0 Å². The van der Waals surface area contributed by atoms with Crippen molar-refractivity contribution in [3.63, 3.8) is 0 Å². The van der Waals surface area contributed by atoms with E-state index >= 15 is 0 Å². The molecule has 2 atom stereocenters. The van der Waals surface area contributed by atoms with Crippen LogP contribution < -0.4 is 5.32 Å². The Morgan fingerprint density at radius 3 is 2.52 bits per heavy atom. The summed E-state index contributed by atoms with van der Waals surface area (Å²) in [5, 5.41) is 4.92. The van der Waals surface area contributed by atoms with Crippen LogP contribution in [-0.2, 0) is 6.42 Å². The van der Waals surface area contributed by atoms with Gasteiger partial charge < -0.3 is 9.73 Å². The second-order valence-corrected chi connectivity index (χ2v) is 6.34. The lowest BCUT2D eigenvalue weighted by Crippen LogP contribution is -2.29. The third kappa shape index (κ3) is 4.40. The highest BCUT2D eigenvalue weighted by Crippen LogP contribution is 2.35. The second kappa shape index (κ2) is 7.55. The van der Waals surface area contributed by atoms with Crippen molar-refractivity contribution < 1.29 is 4.42 Å². The number of halogens is 3. The molecule has 0 aliphatic carbocycles. The fourth-order valence-electron chi connectivity index (χ4n) is 2.29. The van der Waals surface area contributed by atoms with E-state index in [4.69, 9.17) is 39.2 Å². The van der Waals surface area contributed by atoms with Crippen LogP contribution in [0.15, 0.2) is 34.9 Å². The van der Waals surface area contributed by atoms with Gasteiger partial charge in [0.1, 0.15) is 5.76 Å². The van der Waals surface area contributed by atoms with E-state index in [9.17, 15) is 0 Å². The van der Waals surface area contributed by atoms with E-state index < -0.39 is 0 Å². The maximum Gasteiger partial charge on any atom is 0.103 e. The predicted octanol–water partition coefficient (Wildman–Crippen LogP) is 5.91. The Balaban J connectivity index is 1.94. The molecule has 0 radical (unpaired) electrons. The zero-order valence-corrected chi connectivity index (χ0v) is 14.3. The standard InChI is InChI=1S/C16H18Cl3NO/c1-10(5-6-12-4-3-9-21-12)20-11(2)13-7-8-14(17)16(19)15(13)18/h3-4,7-11,20H,5-6H2,1-2H3. The number of hydrogen-bond acceptors (Lipinski definition) is 2. The maximum atomic E-state index is 6.26. The molecule has 21 heavy (non-hydrogen) atoms. The number of hydrogen-bond donors (Lipinski definition) is 1. The Morgan fingerprint density at radius 2 is 1.86 bits per heavy atom. The van der Waals surface area contributed by atoms with Crippen LogP contribution in [0.5, 0.6) is 0 Å². The third-order valence-electron chi connectivity index (χ3n) is 3.47. The molecule has 1 N–H and O–H groups in total. The van der Waals surface area contributed by atoms with Gasteiger partial charge in [-0.15, -0.1) is 0 Å². The van der Waals surface area contributed by atoms with Crippen molar-refractivity contribution in [3.05, 3.63) is 56.9 Å². The first-order valence-corrected chi connectivity index (χ1v) is 8.04. The minimum absolute atomic E-state index is 0.0962. The molecule has 1 heterocycles. The van der Waals surface area contributed by atoms with Gasteiger partial charge in [-0.05, 0) is 44.0 Å². The summed E-state index contributed by atoms with van der Waals surface area (Å²) >= 11 is 18.3. The highest BCUT2D eigenvalue weighted by atomic mass is 35.5. The van der Waals surface area contributed by atoms with Gasteiger partial charge in [-0.1, -0.05) is 40.9 Å². The number of benzene rings is 1. The Labute approximate surface area is 140 Å². The second-order valence-electron chi connectivity index (χ2n) is 5.17. The lowest BCUT2D eigenvalue weighted by Gasteiger charge is -2.21. The molecule has 2 unspecified atom stereocenters. The van der Waals surface area contributed by atoms with Crippen molar-refractivity contribution in [3.8, 4) is 0 Å². The molecule has 2 aromatic rings. The number of furan rings is 1. The average molecular weight is 347 g/mol. The summed E-state index contributed by atoms with van der Waals surface area (Å²) in [5.74, 6) is 1.00. The highest BCUT2D eigenvalue weighted by Gasteiger charge is 2.16. The fraction of sp³-hybridized carbons (Fsp3) is 0.375. The van der Waals surface area contributed by atoms with Crippen molar-refractivity contribution in [2.75, 3.05) is 0 Å². The minimum Gasteiger partial charge on any atom is -0.469 e. The molecule has 0 aliphatic heterocycles. The van der Waals surface area contributed by atoms with Crippen LogP contribution >= 0.6 is 34.8 Å². The van der Waals surface area contributed by atoms with Gasteiger partial charge in [-0.2, -0.15) is 0 Å². The summed E-state index contributed by atoms with van der Waals surface area (Å²) in [5.41, 5.74) is 0.955. The Kier molecular flexibility index (Phi) is 6.00. The van der Waals surface area contributed by atoms with Crippen LogP contribution in [0.25, 0.3) is 0 Å². The topological polar surface area (TPSA) is 25.2 Å². The molecular formula is C16H18Cl3NO. The van der Waals surface area contributed by atoms with Gasteiger partial charge in [0.25, 0.3) is 0 Å². The zero-order valence-electron chi connectivity index (χ0n) is 12.0. The number of nitrogens with one attached hydrogen (secondary N) is 1. The SMILES string of the molecule is CC(CCc1ccco1)NC(C)c1ccc(Cl)c(Cl)c1Cl. The van der Waals surface area contributed by atoms with Crippen LogP contribution in [0.4, 0.5) is 0 Å². The molecule has 0 saturated carbocycles. The summed E-state index contributed by atoms with van der Waals surface area (Å²) in [6.45, 7) is 4.21. The molecule has 0 amide bonds. The van der Waals surface area contributed by atoms with Crippen molar-refractivity contribution in [2.45, 2.75) is 38.8 Å². The van der Waals surface area contributed by atoms with Crippen LogP contribution in [0.1, 0.15) is 37.6 Å². The van der Waals surface area contributed by atoms with E-state index in [1.807, 2.05) is 18.2 Å². The molecule has 2 rings (SSSR count). The van der Waals surface area contributed by atoms with Crippen LogP contribution in [0.3, 0.4) is 0 Å². The maximum absolute atomic E-state index is 6.26. The van der Waals surface area contributed by atoms with Gasteiger partial charge in [-0.25, -0.2) is 0 Å². The van der Waals surface area contributed by atoms with Gasteiger partial charge >= 0.3 is 0 Å². The van der Waals surface area contributed by atoms with Crippen molar-refractivity contribution in [1.29, 1.82) is 0 Å². The van der Waals surface area contributed by atoms with Crippen LogP contribution in [0, 0.1) is 0 Å². The molecule has 1 aromatic carbocycles. The highest BCUT2D eigenvalue weighted by molar-refractivity contribution is 6.48. The monoisotopic (exact) mass is 345 g/mol. The number of aryl methyl sites for hydroxylation is 1. The molecule has 2 nitrogen and oxygen atoms in total. The summed E-state index contributed by atoms with van der Waals surface area (Å²) in [7, 11) is 0. The smallest absolute Gasteiger partial charge is 0.103 e. The van der Waals surface area contributed by atoms with E-state index in [0.717, 1.165) is 24.2 Å². The van der Waals surface area contributed by atoms with Crippen LogP contribution in [0.2, 0.25) is 15.1 Å². The Hall–Kier alpha value is -0.670. The third-order valence-corrected chi connectivity index (χ3v) is 4.78. The van der Waals surface area contributed by atoms with E-state index in [0.29, 0.717) is 21.1 Å². The molecule has 0 spiro atoms. The average Bonchev–Trinajstić information content (AvgIpc) is 2.96. The first kappa shape index (κ1) is 16.7. The predicted molar refractivity (Wildman–Crippen MR) is 89.5 cm³/mol. The van der Waals surface area contributed by atoms with E-state index in [2.05, 4.69) is 19.2 Å². The quantitative estimate of drug-likeness (QED) is 0.657. The first-order chi connectivity index (χ1) is 9.99.